The van der Waals surface area contributed by atoms with Gasteiger partial charge in [0.1, 0.15) is 65.6 Å². The Labute approximate surface area is 502 Å². The molecular formula is C59H82N10O18. The minimum Gasteiger partial charge on any atom is -0.508 e. The van der Waals surface area contributed by atoms with Crippen molar-refractivity contribution in [2.24, 2.45) is 29.2 Å². The summed E-state index contributed by atoms with van der Waals surface area (Å²) in [4.78, 5) is 160. The molecule has 3 aromatic carbocycles. The molecule has 0 saturated heterocycles. The Morgan fingerprint density at radius 1 is 0.368 bits per heavy atom. The van der Waals surface area contributed by atoms with Gasteiger partial charge in [0.15, 0.2) is 0 Å². The van der Waals surface area contributed by atoms with Gasteiger partial charge in [0.2, 0.25) is 53.2 Å². The number of phenols is 3. The Morgan fingerprint density at radius 3 is 0.885 bits per heavy atom. The second-order valence-electron chi connectivity index (χ2n) is 22.5. The standard InChI is InChI=1S/C59H82N10O18/c1-30(2)23-42(64-51(78)39(60)29-48(61)73)54(81)62-40(19-21-49(74)75)52(79)67-45(26-33-7-13-36(70)14-8-33)57(84)66-44(25-32(5)6)56(83)68-46(27-34-9-15-37(71)16-10-34)58(85)65-43(24-31(3)4)55(82)63-41(20-22-50(76)77)53(80)69-47(59(86)87)28-35-11-17-38(72)18-12-35/h7-18,30-32,39-47,70-72H,19-29,60H2,1-6H3,(H2,61,73)(H,62,81)(H,63,82)(H,64,78)(H,65,85)(H,66,84)(H,67,79)(H,68,83)(H,69,80)(H,74,75)(H,76,77)(H,86,87)/t39-,40-,41-,42-,43-,44-,45-,46-,47-/m0/s1. The predicted molar refractivity (Wildman–Crippen MR) is 312 cm³/mol. The van der Waals surface area contributed by atoms with Crippen LogP contribution in [0.3, 0.4) is 0 Å². The number of aliphatic carboxylic acids is 3. The molecule has 9 amide bonds. The second kappa shape index (κ2) is 35.2. The van der Waals surface area contributed by atoms with Crippen molar-refractivity contribution in [2.45, 2.75) is 167 Å². The van der Waals surface area contributed by atoms with E-state index in [2.05, 4.69) is 42.5 Å². The maximum atomic E-state index is 14.7. The first-order valence-corrected chi connectivity index (χ1v) is 28.3. The highest BCUT2D eigenvalue weighted by atomic mass is 16.4. The molecular weight excluding hydrogens is 1140 g/mol. The van der Waals surface area contributed by atoms with Crippen molar-refractivity contribution in [3.8, 4) is 17.2 Å². The third-order valence-corrected chi connectivity index (χ3v) is 13.3. The van der Waals surface area contributed by atoms with Crippen LogP contribution in [0.1, 0.15) is 110 Å². The monoisotopic (exact) mass is 1220 g/mol. The minimum atomic E-state index is -1.66. The number of rotatable bonds is 37. The van der Waals surface area contributed by atoms with Gasteiger partial charge in [-0.15, -0.1) is 0 Å². The fourth-order valence-corrected chi connectivity index (χ4v) is 8.90. The number of carboxylic acid groups (broad SMARTS) is 3. The third-order valence-electron chi connectivity index (χ3n) is 13.3. The van der Waals surface area contributed by atoms with Crippen molar-refractivity contribution in [1.82, 2.24) is 42.5 Å². The highest BCUT2D eigenvalue weighted by molar-refractivity contribution is 5.99. The molecule has 28 heteroatoms. The fourth-order valence-electron chi connectivity index (χ4n) is 8.90. The number of aromatic hydroxyl groups is 3. The lowest BCUT2D eigenvalue weighted by atomic mass is 9.98. The van der Waals surface area contributed by atoms with Crippen LogP contribution < -0.4 is 54.0 Å². The molecule has 0 aromatic heterocycles. The summed E-state index contributed by atoms with van der Waals surface area (Å²) < 4.78 is 0. The van der Waals surface area contributed by atoms with E-state index in [1.54, 1.807) is 41.5 Å². The predicted octanol–water partition coefficient (Wildman–Crippen LogP) is -0.135. The smallest absolute Gasteiger partial charge is 0.326 e. The number of hydrogen-bond acceptors (Lipinski definition) is 16. The molecule has 0 spiro atoms. The summed E-state index contributed by atoms with van der Waals surface area (Å²) in [5.74, 6) is -14.2. The van der Waals surface area contributed by atoms with Crippen LogP contribution in [-0.2, 0) is 76.8 Å². The van der Waals surface area contributed by atoms with Crippen LogP contribution in [0.2, 0.25) is 0 Å². The molecule has 0 bridgehead atoms. The van der Waals surface area contributed by atoms with Crippen molar-refractivity contribution >= 4 is 71.1 Å². The molecule has 3 rings (SSSR count). The quantitative estimate of drug-likeness (QED) is 0.0357. The zero-order valence-corrected chi connectivity index (χ0v) is 49.4. The van der Waals surface area contributed by atoms with Crippen molar-refractivity contribution in [3.63, 3.8) is 0 Å². The summed E-state index contributed by atoms with van der Waals surface area (Å²) in [5.41, 5.74) is 12.2. The van der Waals surface area contributed by atoms with Crippen LogP contribution in [0.5, 0.6) is 17.2 Å². The van der Waals surface area contributed by atoms with Crippen LogP contribution in [0.25, 0.3) is 0 Å². The normalized spacial score (nSPS) is 14.3. The number of nitrogens with one attached hydrogen (secondary N) is 8. The van der Waals surface area contributed by atoms with E-state index in [-0.39, 0.29) is 73.5 Å². The number of nitrogens with two attached hydrogens (primary N) is 2. The molecule has 0 radical (unpaired) electrons. The Bertz CT molecular complexity index is 2870. The number of carbonyl (C=O) groups excluding carboxylic acids is 9. The summed E-state index contributed by atoms with van der Waals surface area (Å²) in [6, 6.07) is 2.72. The lowest BCUT2D eigenvalue weighted by Crippen LogP contribution is -2.61. The fraction of sp³-hybridized carbons (Fsp3) is 0.492. The van der Waals surface area contributed by atoms with Gasteiger partial charge in [-0.2, -0.15) is 0 Å². The molecule has 28 nitrogen and oxygen atoms in total. The maximum Gasteiger partial charge on any atom is 0.326 e. The highest BCUT2D eigenvalue weighted by Crippen LogP contribution is 2.18. The molecule has 476 valence electrons. The van der Waals surface area contributed by atoms with Crippen molar-refractivity contribution in [3.05, 3.63) is 89.5 Å². The molecule has 0 saturated carbocycles. The summed E-state index contributed by atoms with van der Waals surface area (Å²) >= 11 is 0. The van der Waals surface area contributed by atoms with E-state index in [0.717, 1.165) is 0 Å². The first kappa shape index (κ1) is 71.9. The first-order chi connectivity index (χ1) is 40.8. The molecule has 0 unspecified atom stereocenters. The Hall–Kier alpha value is -9.34. The largest absolute Gasteiger partial charge is 0.508 e. The van der Waals surface area contributed by atoms with Crippen molar-refractivity contribution in [1.29, 1.82) is 0 Å². The van der Waals surface area contributed by atoms with Gasteiger partial charge in [-0.1, -0.05) is 77.9 Å². The van der Waals surface area contributed by atoms with E-state index in [4.69, 9.17) is 11.5 Å². The van der Waals surface area contributed by atoms with Crippen LogP contribution >= 0.6 is 0 Å². The maximum absolute atomic E-state index is 14.7. The molecule has 0 fully saturated rings. The lowest BCUT2D eigenvalue weighted by molar-refractivity contribution is -0.143. The summed E-state index contributed by atoms with van der Waals surface area (Å²) in [6.07, 6.45) is -3.97. The lowest BCUT2D eigenvalue weighted by Gasteiger charge is -2.29. The van der Waals surface area contributed by atoms with Crippen LogP contribution in [0.15, 0.2) is 72.8 Å². The van der Waals surface area contributed by atoms with Gasteiger partial charge in [0.25, 0.3) is 0 Å². The molecule has 0 aliphatic rings. The molecule has 9 atom stereocenters. The Morgan fingerprint density at radius 2 is 0.609 bits per heavy atom. The molecule has 87 heavy (non-hydrogen) atoms. The van der Waals surface area contributed by atoms with E-state index < -0.39 is 158 Å². The van der Waals surface area contributed by atoms with Crippen molar-refractivity contribution in [2.75, 3.05) is 0 Å². The van der Waals surface area contributed by atoms with Gasteiger partial charge < -0.3 is 84.6 Å². The number of benzene rings is 3. The summed E-state index contributed by atoms with van der Waals surface area (Å²) in [7, 11) is 0. The number of hydrogen-bond donors (Lipinski definition) is 16. The van der Waals surface area contributed by atoms with Crippen LogP contribution in [0, 0.1) is 17.8 Å². The molecule has 0 aliphatic carbocycles. The third kappa shape index (κ3) is 26.6. The number of phenolic OH excluding ortho intramolecular Hbond substituents is 3. The average molecular weight is 1220 g/mol. The van der Waals surface area contributed by atoms with Crippen molar-refractivity contribution < 1.29 is 88.2 Å². The molecule has 0 heterocycles. The van der Waals surface area contributed by atoms with Crippen LogP contribution in [0.4, 0.5) is 0 Å². The number of carbonyl (C=O) groups is 12. The van der Waals surface area contributed by atoms with Gasteiger partial charge in [0, 0.05) is 32.1 Å². The van der Waals surface area contributed by atoms with E-state index in [9.17, 15) is 88.2 Å². The first-order valence-electron chi connectivity index (χ1n) is 28.3. The van der Waals surface area contributed by atoms with Gasteiger partial charge in [-0.3, -0.25) is 52.7 Å². The topological polar surface area (TPSA) is 474 Å². The van der Waals surface area contributed by atoms with Gasteiger partial charge in [0.05, 0.1) is 12.5 Å². The number of carboxylic acids is 3. The molecule has 18 N–H and O–H groups in total. The van der Waals surface area contributed by atoms with Gasteiger partial charge in [-0.25, -0.2) is 4.79 Å². The van der Waals surface area contributed by atoms with Gasteiger partial charge in [-0.05, 0) is 103 Å². The Kier molecular flexibility index (Phi) is 29.1. The summed E-state index contributed by atoms with van der Waals surface area (Å²) in [5, 5.41) is 79.2. The SMILES string of the molecule is CC(C)C[C@H](NC(=O)[C@H](Cc1ccc(O)cc1)NC(=O)[C@H](CC(C)C)NC(=O)[C@H](Cc1ccc(O)cc1)NC(=O)[C@H](CCC(=O)O)NC(=O)[C@H](CC(C)C)NC(=O)[C@@H](N)CC(N)=O)C(=O)N[C@@H](CCC(=O)O)C(=O)N[C@@H](Cc1ccc(O)cc1)C(=O)O. The molecule has 0 aliphatic heterocycles. The number of primary amides is 1. The van der Waals surface area contributed by atoms with Gasteiger partial charge >= 0.3 is 17.9 Å². The minimum absolute atomic E-state index is 0.00946. The average Bonchev–Trinajstić information content (AvgIpc) is 3.61. The van der Waals surface area contributed by atoms with Crippen LogP contribution in [-0.4, -0.2) is 156 Å². The van der Waals surface area contributed by atoms with E-state index in [1.807, 2.05) is 0 Å². The van der Waals surface area contributed by atoms with E-state index in [1.165, 1.54) is 72.8 Å². The Balaban J connectivity index is 2.02. The summed E-state index contributed by atoms with van der Waals surface area (Å²) in [6.45, 7) is 10.3. The van der Waals surface area contributed by atoms with E-state index in [0.29, 0.717) is 16.7 Å². The number of amides is 9. The second-order valence-corrected chi connectivity index (χ2v) is 22.5. The highest BCUT2D eigenvalue weighted by Gasteiger charge is 2.36. The molecule has 3 aromatic rings. The van der Waals surface area contributed by atoms with E-state index >= 15 is 0 Å². The zero-order chi connectivity index (χ0) is 65.2. The zero-order valence-electron chi connectivity index (χ0n) is 49.4.